The molecule has 82 valence electrons. The lowest BCUT2D eigenvalue weighted by Gasteiger charge is -2.04. The minimum atomic E-state index is 0.760. The Balaban J connectivity index is 1.65. The molecule has 0 amide bonds. The molecule has 1 N–H and O–H groups in total. The molecule has 15 heavy (non-hydrogen) atoms. The molecular formula is C10H15N3S2. The predicted octanol–water partition coefficient (Wildman–Crippen LogP) is 2.25. The summed E-state index contributed by atoms with van der Waals surface area (Å²) in [7, 11) is 0. The molecule has 0 radical (unpaired) electrons. The molecule has 0 atom stereocenters. The van der Waals surface area contributed by atoms with Crippen LogP contribution in [-0.4, -0.2) is 27.7 Å². The van der Waals surface area contributed by atoms with Crippen molar-refractivity contribution in [1.29, 1.82) is 0 Å². The maximum atomic E-state index is 4.30. The molecule has 1 aliphatic rings. The second-order valence-corrected chi connectivity index (χ2v) is 5.78. The summed E-state index contributed by atoms with van der Waals surface area (Å²) in [5, 5.41) is 3.45. The van der Waals surface area contributed by atoms with Crippen LogP contribution in [0, 0.1) is 6.92 Å². The van der Waals surface area contributed by atoms with Gasteiger partial charge < -0.3 is 5.32 Å². The zero-order valence-electron chi connectivity index (χ0n) is 8.82. The molecule has 1 saturated carbocycles. The summed E-state index contributed by atoms with van der Waals surface area (Å²) in [5.41, 5.74) is 1.24. The normalized spacial score (nSPS) is 15.5. The lowest BCUT2D eigenvalue weighted by atomic mass is 10.3. The van der Waals surface area contributed by atoms with E-state index in [2.05, 4.69) is 21.3 Å². The van der Waals surface area contributed by atoms with Gasteiger partial charge >= 0.3 is 0 Å². The van der Waals surface area contributed by atoms with Crippen molar-refractivity contribution in [3.63, 3.8) is 0 Å². The molecule has 1 fully saturated rings. The SMILES string of the molecule is C=C(CNC1CC1)CSc1nc(C)ns1. The maximum Gasteiger partial charge on any atom is 0.170 e. The molecule has 0 spiro atoms. The molecule has 5 heteroatoms. The van der Waals surface area contributed by atoms with E-state index >= 15 is 0 Å². The lowest BCUT2D eigenvalue weighted by Crippen LogP contribution is -2.19. The largest absolute Gasteiger partial charge is 0.310 e. The minimum Gasteiger partial charge on any atom is -0.310 e. The molecule has 1 aromatic heterocycles. The molecule has 0 unspecified atom stereocenters. The third-order valence-electron chi connectivity index (χ3n) is 2.13. The van der Waals surface area contributed by atoms with Crippen LogP contribution >= 0.6 is 23.3 Å². The molecule has 1 aliphatic carbocycles. The molecule has 3 nitrogen and oxygen atoms in total. The number of hydrogen-bond donors (Lipinski definition) is 1. The first-order valence-corrected chi connectivity index (χ1v) is 6.83. The van der Waals surface area contributed by atoms with E-state index in [4.69, 9.17) is 0 Å². The number of nitrogens with zero attached hydrogens (tertiary/aromatic N) is 2. The summed E-state index contributed by atoms with van der Waals surface area (Å²) in [6, 6.07) is 0.760. The summed E-state index contributed by atoms with van der Waals surface area (Å²) in [4.78, 5) is 4.30. The summed E-state index contributed by atoms with van der Waals surface area (Å²) in [6.45, 7) is 6.91. The second kappa shape index (κ2) is 5.09. The van der Waals surface area contributed by atoms with Gasteiger partial charge in [0.1, 0.15) is 5.82 Å². The Morgan fingerprint density at radius 1 is 1.67 bits per heavy atom. The predicted molar refractivity (Wildman–Crippen MR) is 65.5 cm³/mol. The number of thioether (sulfide) groups is 1. The highest BCUT2D eigenvalue weighted by molar-refractivity contribution is 8.01. The van der Waals surface area contributed by atoms with Crippen molar-refractivity contribution < 1.29 is 0 Å². The van der Waals surface area contributed by atoms with Gasteiger partial charge in [-0.15, -0.1) is 0 Å². The van der Waals surface area contributed by atoms with Crippen LogP contribution in [0.15, 0.2) is 16.5 Å². The molecule has 0 bridgehead atoms. The second-order valence-electron chi connectivity index (χ2n) is 3.80. The monoisotopic (exact) mass is 241 g/mol. The topological polar surface area (TPSA) is 37.8 Å². The number of nitrogens with one attached hydrogen (secondary N) is 1. The van der Waals surface area contributed by atoms with Crippen molar-refractivity contribution >= 4 is 23.3 Å². The first-order valence-electron chi connectivity index (χ1n) is 5.07. The highest BCUT2D eigenvalue weighted by atomic mass is 32.2. The number of hydrogen-bond acceptors (Lipinski definition) is 5. The van der Waals surface area contributed by atoms with Crippen molar-refractivity contribution in [3.05, 3.63) is 18.0 Å². The number of aromatic nitrogens is 2. The Bertz CT molecular complexity index is 344. The highest BCUT2D eigenvalue weighted by Crippen LogP contribution is 2.22. The molecule has 0 aliphatic heterocycles. The smallest absolute Gasteiger partial charge is 0.170 e. The summed E-state index contributed by atoms with van der Waals surface area (Å²) in [5.74, 6) is 1.80. The van der Waals surface area contributed by atoms with Gasteiger partial charge in [-0.3, -0.25) is 0 Å². The number of aryl methyl sites for hydroxylation is 1. The van der Waals surface area contributed by atoms with E-state index in [-0.39, 0.29) is 0 Å². The van der Waals surface area contributed by atoms with Gasteiger partial charge in [0, 0.05) is 18.3 Å². The van der Waals surface area contributed by atoms with E-state index in [1.54, 1.807) is 11.8 Å². The fourth-order valence-corrected chi connectivity index (χ4v) is 2.68. The van der Waals surface area contributed by atoms with Gasteiger partial charge in [-0.2, -0.15) is 4.37 Å². The zero-order valence-corrected chi connectivity index (χ0v) is 10.5. The first-order chi connectivity index (χ1) is 7.24. The van der Waals surface area contributed by atoms with Crippen molar-refractivity contribution in [3.8, 4) is 0 Å². The van der Waals surface area contributed by atoms with E-state index in [1.807, 2.05) is 6.92 Å². The minimum absolute atomic E-state index is 0.760. The molecule has 1 aromatic rings. The van der Waals surface area contributed by atoms with Gasteiger partial charge in [-0.05, 0) is 31.3 Å². The van der Waals surface area contributed by atoms with E-state index in [0.717, 1.165) is 28.5 Å². The van der Waals surface area contributed by atoms with E-state index in [9.17, 15) is 0 Å². The van der Waals surface area contributed by atoms with Crippen LogP contribution < -0.4 is 5.32 Å². The van der Waals surface area contributed by atoms with Crippen molar-refractivity contribution in [2.75, 3.05) is 12.3 Å². The van der Waals surface area contributed by atoms with Crippen LogP contribution in [0.1, 0.15) is 18.7 Å². The van der Waals surface area contributed by atoms with Crippen LogP contribution in [0.5, 0.6) is 0 Å². The standard InChI is InChI=1S/C10H15N3S2/c1-7(5-11-9-3-4-9)6-14-10-12-8(2)13-15-10/h9,11H,1,3-6H2,2H3. The van der Waals surface area contributed by atoms with E-state index < -0.39 is 0 Å². The zero-order chi connectivity index (χ0) is 10.7. The Morgan fingerprint density at radius 3 is 3.07 bits per heavy atom. The Morgan fingerprint density at radius 2 is 2.47 bits per heavy atom. The van der Waals surface area contributed by atoms with Gasteiger partial charge in [-0.1, -0.05) is 23.9 Å². The third-order valence-corrected chi connectivity index (χ3v) is 4.20. The van der Waals surface area contributed by atoms with Crippen LogP contribution in [0.4, 0.5) is 0 Å². The van der Waals surface area contributed by atoms with Crippen molar-refractivity contribution in [2.24, 2.45) is 0 Å². The maximum absolute atomic E-state index is 4.30. The quantitative estimate of drug-likeness (QED) is 0.612. The van der Waals surface area contributed by atoms with E-state index in [1.165, 1.54) is 29.9 Å². The highest BCUT2D eigenvalue weighted by Gasteiger charge is 2.20. The lowest BCUT2D eigenvalue weighted by molar-refractivity contribution is 0.736. The van der Waals surface area contributed by atoms with Crippen molar-refractivity contribution in [1.82, 2.24) is 14.7 Å². The fourth-order valence-electron chi connectivity index (χ4n) is 1.13. The van der Waals surface area contributed by atoms with Gasteiger partial charge in [-0.25, -0.2) is 4.98 Å². The average Bonchev–Trinajstić information content (AvgIpc) is 2.95. The molecule has 0 saturated heterocycles. The fraction of sp³-hybridized carbons (Fsp3) is 0.600. The van der Waals surface area contributed by atoms with Gasteiger partial charge in [0.15, 0.2) is 4.34 Å². The van der Waals surface area contributed by atoms with Gasteiger partial charge in [0.25, 0.3) is 0 Å². The van der Waals surface area contributed by atoms with Crippen LogP contribution in [0.2, 0.25) is 0 Å². The van der Waals surface area contributed by atoms with Gasteiger partial charge in [0.05, 0.1) is 0 Å². The summed E-state index contributed by atoms with van der Waals surface area (Å²) >= 11 is 3.20. The third kappa shape index (κ3) is 3.93. The molecule has 1 heterocycles. The summed E-state index contributed by atoms with van der Waals surface area (Å²) in [6.07, 6.45) is 2.66. The molecular weight excluding hydrogens is 226 g/mol. The molecule has 0 aromatic carbocycles. The first kappa shape index (κ1) is 11.1. The average molecular weight is 241 g/mol. The molecule has 2 rings (SSSR count). The Hall–Kier alpha value is -0.390. The Kier molecular flexibility index (Phi) is 3.77. The van der Waals surface area contributed by atoms with Crippen LogP contribution in [-0.2, 0) is 0 Å². The Labute approximate surface area is 98.5 Å². The van der Waals surface area contributed by atoms with Crippen LogP contribution in [0.25, 0.3) is 0 Å². The van der Waals surface area contributed by atoms with Crippen LogP contribution in [0.3, 0.4) is 0 Å². The van der Waals surface area contributed by atoms with Crippen molar-refractivity contribution in [2.45, 2.75) is 30.1 Å². The summed E-state index contributed by atoms with van der Waals surface area (Å²) < 4.78 is 5.18. The van der Waals surface area contributed by atoms with Gasteiger partial charge in [0.2, 0.25) is 0 Å². The van der Waals surface area contributed by atoms with E-state index in [0.29, 0.717) is 0 Å². The number of rotatable bonds is 6.